The lowest BCUT2D eigenvalue weighted by Crippen LogP contribution is -2.43. The van der Waals surface area contributed by atoms with E-state index in [1.807, 2.05) is 6.92 Å². The SMILES string of the molecule is CCNC(C1=CCCC1)C(C)S(C)(=O)=O. The molecule has 0 bridgehead atoms. The summed E-state index contributed by atoms with van der Waals surface area (Å²) in [7, 11) is -2.97. The number of hydrogen-bond acceptors (Lipinski definition) is 3. The Hall–Kier alpha value is -0.350. The monoisotopic (exact) mass is 231 g/mol. The van der Waals surface area contributed by atoms with E-state index in [0.717, 1.165) is 25.8 Å². The molecule has 0 aromatic rings. The minimum absolute atomic E-state index is 0.00694. The van der Waals surface area contributed by atoms with Crippen molar-refractivity contribution >= 4 is 9.84 Å². The van der Waals surface area contributed by atoms with Crippen LogP contribution >= 0.6 is 0 Å². The molecule has 2 unspecified atom stereocenters. The number of sulfone groups is 1. The quantitative estimate of drug-likeness (QED) is 0.730. The normalized spacial score (nSPS) is 21.1. The van der Waals surface area contributed by atoms with Gasteiger partial charge in [0.25, 0.3) is 0 Å². The zero-order valence-corrected chi connectivity index (χ0v) is 10.6. The molecule has 2 atom stereocenters. The van der Waals surface area contributed by atoms with Crippen LogP contribution < -0.4 is 5.32 Å². The Bertz CT molecular complexity index is 332. The summed E-state index contributed by atoms with van der Waals surface area (Å²) in [5.74, 6) is 0. The van der Waals surface area contributed by atoms with Crippen molar-refractivity contribution in [2.24, 2.45) is 0 Å². The van der Waals surface area contributed by atoms with Crippen LogP contribution in [0.4, 0.5) is 0 Å². The lowest BCUT2D eigenvalue weighted by Gasteiger charge is -2.24. The van der Waals surface area contributed by atoms with Crippen molar-refractivity contribution in [1.29, 1.82) is 0 Å². The Morgan fingerprint density at radius 3 is 2.60 bits per heavy atom. The summed E-state index contributed by atoms with van der Waals surface area (Å²) >= 11 is 0. The van der Waals surface area contributed by atoms with E-state index < -0.39 is 9.84 Å². The van der Waals surface area contributed by atoms with E-state index in [0.29, 0.717) is 0 Å². The minimum atomic E-state index is -2.97. The van der Waals surface area contributed by atoms with Gasteiger partial charge < -0.3 is 5.32 Å². The molecule has 1 rings (SSSR count). The van der Waals surface area contributed by atoms with Crippen LogP contribution in [0.2, 0.25) is 0 Å². The third-order valence-electron chi connectivity index (χ3n) is 3.04. The summed E-state index contributed by atoms with van der Waals surface area (Å²) in [6.07, 6.45) is 6.80. The summed E-state index contributed by atoms with van der Waals surface area (Å²) in [6, 6.07) is 0.00694. The van der Waals surface area contributed by atoms with Gasteiger partial charge in [0.15, 0.2) is 9.84 Å². The topological polar surface area (TPSA) is 46.2 Å². The third kappa shape index (κ3) is 3.31. The molecular weight excluding hydrogens is 210 g/mol. The molecule has 1 aliphatic carbocycles. The second-order valence-corrected chi connectivity index (χ2v) is 6.64. The van der Waals surface area contributed by atoms with Gasteiger partial charge in [-0.15, -0.1) is 0 Å². The zero-order chi connectivity index (χ0) is 11.5. The fraction of sp³-hybridized carbons (Fsp3) is 0.818. The van der Waals surface area contributed by atoms with E-state index in [4.69, 9.17) is 0 Å². The van der Waals surface area contributed by atoms with Gasteiger partial charge in [-0.2, -0.15) is 0 Å². The smallest absolute Gasteiger partial charge is 0.151 e. The van der Waals surface area contributed by atoms with E-state index in [-0.39, 0.29) is 11.3 Å². The average molecular weight is 231 g/mol. The molecule has 0 amide bonds. The van der Waals surface area contributed by atoms with E-state index in [1.54, 1.807) is 6.92 Å². The Morgan fingerprint density at radius 1 is 1.53 bits per heavy atom. The van der Waals surface area contributed by atoms with Gasteiger partial charge in [0.1, 0.15) is 0 Å². The Morgan fingerprint density at radius 2 is 2.20 bits per heavy atom. The fourth-order valence-corrected chi connectivity index (χ4v) is 2.81. The molecule has 0 aromatic carbocycles. The highest BCUT2D eigenvalue weighted by atomic mass is 32.2. The molecule has 3 nitrogen and oxygen atoms in total. The van der Waals surface area contributed by atoms with E-state index in [1.165, 1.54) is 11.8 Å². The van der Waals surface area contributed by atoms with Gasteiger partial charge in [0.2, 0.25) is 0 Å². The molecule has 0 spiro atoms. The second kappa shape index (κ2) is 5.12. The first-order valence-corrected chi connectivity index (χ1v) is 7.53. The highest BCUT2D eigenvalue weighted by Crippen LogP contribution is 2.24. The van der Waals surface area contributed by atoms with E-state index in [2.05, 4.69) is 11.4 Å². The molecular formula is C11H21NO2S. The lowest BCUT2D eigenvalue weighted by atomic mass is 10.0. The molecule has 0 heterocycles. The average Bonchev–Trinajstić information content (AvgIpc) is 2.64. The molecule has 4 heteroatoms. The van der Waals surface area contributed by atoms with E-state index >= 15 is 0 Å². The fourth-order valence-electron chi connectivity index (χ4n) is 2.04. The maximum absolute atomic E-state index is 11.5. The first kappa shape index (κ1) is 12.7. The molecule has 0 radical (unpaired) electrons. The van der Waals surface area contributed by atoms with Crippen LogP contribution in [-0.2, 0) is 9.84 Å². The largest absolute Gasteiger partial charge is 0.309 e. The van der Waals surface area contributed by atoms with Crippen LogP contribution in [0.15, 0.2) is 11.6 Å². The summed E-state index contributed by atoms with van der Waals surface area (Å²) in [5.41, 5.74) is 1.27. The molecule has 0 saturated heterocycles. The summed E-state index contributed by atoms with van der Waals surface area (Å²) < 4.78 is 23.1. The van der Waals surface area contributed by atoms with Crippen molar-refractivity contribution in [2.45, 2.75) is 44.4 Å². The summed E-state index contributed by atoms with van der Waals surface area (Å²) in [5, 5.41) is 2.95. The molecule has 0 fully saturated rings. The first-order chi connectivity index (χ1) is 6.96. The number of allylic oxidation sites excluding steroid dienone is 1. The number of rotatable bonds is 5. The standard InChI is InChI=1S/C11H21NO2S/c1-4-12-11(9(2)15(3,13)14)10-7-5-6-8-10/h7,9,11-12H,4-6,8H2,1-3H3. The maximum atomic E-state index is 11.5. The van der Waals surface area contributed by atoms with Crippen LogP contribution in [-0.4, -0.2) is 32.5 Å². The number of likely N-dealkylation sites (N-methyl/N-ethyl adjacent to an activating group) is 1. The Labute approximate surface area is 92.9 Å². The van der Waals surface area contributed by atoms with Crippen LogP contribution in [0.3, 0.4) is 0 Å². The Balaban J connectivity index is 2.82. The van der Waals surface area contributed by atoms with Crippen molar-refractivity contribution < 1.29 is 8.42 Å². The molecule has 0 aromatic heterocycles. The molecule has 15 heavy (non-hydrogen) atoms. The van der Waals surface area contributed by atoms with Crippen molar-refractivity contribution in [1.82, 2.24) is 5.32 Å². The molecule has 0 saturated carbocycles. The van der Waals surface area contributed by atoms with Gasteiger partial charge in [0, 0.05) is 12.3 Å². The third-order valence-corrected chi connectivity index (χ3v) is 4.67. The predicted octanol–water partition coefficient (Wildman–Crippen LogP) is 1.51. The van der Waals surface area contributed by atoms with Crippen LogP contribution in [0.5, 0.6) is 0 Å². The highest BCUT2D eigenvalue weighted by Gasteiger charge is 2.28. The van der Waals surface area contributed by atoms with Gasteiger partial charge in [-0.05, 0) is 32.7 Å². The Kier molecular flexibility index (Phi) is 4.34. The molecule has 0 aliphatic heterocycles. The van der Waals surface area contributed by atoms with Crippen molar-refractivity contribution in [3.63, 3.8) is 0 Å². The zero-order valence-electron chi connectivity index (χ0n) is 9.79. The lowest BCUT2D eigenvalue weighted by molar-refractivity contribution is 0.531. The summed E-state index contributed by atoms with van der Waals surface area (Å²) in [4.78, 5) is 0. The van der Waals surface area contributed by atoms with Gasteiger partial charge in [-0.25, -0.2) is 8.42 Å². The summed E-state index contributed by atoms with van der Waals surface area (Å²) in [6.45, 7) is 4.61. The minimum Gasteiger partial charge on any atom is -0.309 e. The molecule has 1 N–H and O–H groups in total. The van der Waals surface area contributed by atoms with Crippen LogP contribution in [0.25, 0.3) is 0 Å². The predicted molar refractivity (Wildman–Crippen MR) is 63.7 cm³/mol. The van der Waals surface area contributed by atoms with Gasteiger partial charge in [0.05, 0.1) is 5.25 Å². The van der Waals surface area contributed by atoms with Crippen LogP contribution in [0, 0.1) is 0 Å². The molecule has 1 aliphatic rings. The maximum Gasteiger partial charge on any atom is 0.151 e. The van der Waals surface area contributed by atoms with Gasteiger partial charge in [-0.3, -0.25) is 0 Å². The second-order valence-electron chi connectivity index (χ2n) is 4.24. The van der Waals surface area contributed by atoms with Gasteiger partial charge >= 0.3 is 0 Å². The van der Waals surface area contributed by atoms with Crippen molar-refractivity contribution in [3.05, 3.63) is 11.6 Å². The number of hydrogen-bond donors (Lipinski definition) is 1. The van der Waals surface area contributed by atoms with Crippen LogP contribution in [0.1, 0.15) is 33.1 Å². The highest BCUT2D eigenvalue weighted by molar-refractivity contribution is 7.91. The number of nitrogens with one attached hydrogen (secondary N) is 1. The first-order valence-electron chi connectivity index (χ1n) is 5.58. The van der Waals surface area contributed by atoms with E-state index in [9.17, 15) is 8.42 Å². The van der Waals surface area contributed by atoms with Gasteiger partial charge in [-0.1, -0.05) is 18.6 Å². The van der Waals surface area contributed by atoms with Crippen molar-refractivity contribution in [3.8, 4) is 0 Å². The molecule has 88 valence electrons. The van der Waals surface area contributed by atoms with Crippen molar-refractivity contribution in [2.75, 3.05) is 12.8 Å².